The van der Waals surface area contributed by atoms with Gasteiger partial charge in [-0.1, -0.05) is 51.1 Å². The number of anilines is 2. The predicted molar refractivity (Wildman–Crippen MR) is 122 cm³/mol. The van der Waals surface area contributed by atoms with Gasteiger partial charge < -0.3 is 5.32 Å². The van der Waals surface area contributed by atoms with E-state index in [-0.39, 0.29) is 16.2 Å². The van der Waals surface area contributed by atoms with Crippen LogP contribution in [0.1, 0.15) is 36.7 Å². The Morgan fingerprint density at radius 3 is 1.93 bits per heavy atom. The molecule has 5 nitrogen and oxygen atoms in total. The first-order valence-electron chi connectivity index (χ1n) is 9.65. The second-order valence-electron chi connectivity index (χ2n) is 8.11. The highest BCUT2D eigenvalue weighted by Crippen LogP contribution is 2.24. The summed E-state index contributed by atoms with van der Waals surface area (Å²) in [6, 6.07) is 22.5. The normalized spacial score (nSPS) is 11.7. The maximum absolute atomic E-state index is 12.8. The lowest BCUT2D eigenvalue weighted by Crippen LogP contribution is -2.26. The van der Waals surface area contributed by atoms with Gasteiger partial charge in [-0.05, 0) is 59.5 Å². The number of rotatable bonds is 5. The molecule has 0 spiro atoms. The van der Waals surface area contributed by atoms with Crippen molar-refractivity contribution >= 4 is 27.3 Å². The SMILES string of the molecule is CN(c1ccccc1)S(=O)(=O)c1ccc(C(=O)Nc2ccc(C(C)(C)C)cc2)cc1. The van der Waals surface area contributed by atoms with Crippen LogP contribution in [0, 0.1) is 0 Å². The van der Waals surface area contributed by atoms with E-state index in [2.05, 4.69) is 26.1 Å². The highest BCUT2D eigenvalue weighted by molar-refractivity contribution is 7.92. The summed E-state index contributed by atoms with van der Waals surface area (Å²) in [6.07, 6.45) is 0. The summed E-state index contributed by atoms with van der Waals surface area (Å²) in [6.45, 7) is 6.39. The van der Waals surface area contributed by atoms with Gasteiger partial charge in [-0.3, -0.25) is 9.10 Å². The van der Waals surface area contributed by atoms with Gasteiger partial charge in [-0.15, -0.1) is 0 Å². The number of sulfonamides is 1. The summed E-state index contributed by atoms with van der Waals surface area (Å²) in [5.41, 5.74) is 2.86. The van der Waals surface area contributed by atoms with Crippen molar-refractivity contribution in [1.29, 1.82) is 0 Å². The zero-order chi connectivity index (χ0) is 21.9. The Kier molecular flexibility index (Phi) is 5.99. The van der Waals surface area contributed by atoms with E-state index in [1.807, 2.05) is 30.3 Å². The standard InChI is InChI=1S/C24H26N2O3S/c1-24(2,3)19-12-14-20(15-13-19)25-23(27)18-10-16-22(17-11-18)30(28,29)26(4)21-8-6-5-7-9-21/h5-17H,1-4H3,(H,25,27). The molecule has 3 aromatic carbocycles. The van der Waals surface area contributed by atoms with Crippen molar-refractivity contribution in [1.82, 2.24) is 0 Å². The van der Waals surface area contributed by atoms with Gasteiger partial charge in [-0.25, -0.2) is 8.42 Å². The van der Waals surface area contributed by atoms with Gasteiger partial charge in [0.15, 0.2) is 0 Å². The molecule has 0 bridgehead atoms. The fourth-order valence-electron chi connectivity index (χ4n) is 2.97. The molecule has 0 heterocycles. The van der Waals surface area contributed by atoms with Crippen LogP contribution in [0.15, 0.2) is 83.8 Å². The van der Waals surface area contributed by atoms with Gasteiger partial charge in [0, 0.05) is 18.3 Å². The highest BCUT2D eigenvalue weighted by atomic mass is 32.2. The number of para-hydroxylation sites is 1. The third-order valence-electron chi connectivity index (χ3n) is 4.90. The van der Waals surface area contributed by atoms with Crippen LogP contribution in [0.2, 0.25) is 0 Å². The van der Waals surface area contributed by atoms with Crippen LogP contribution in [0.4, 0.5) is 11.4 Å². The monoisotopic (exact) mass is 422 g/mol. The van der Waals surface area contributed by atoms with E-state index in [9.17, 15) is 13.2 Å². The lowest BCUT2D eigenvalue weighted by Gasteiger charge is -2.19. The number of nitrogens with one attached hydrogen (secondary N) is 1. The molecule has 3 rings (SSSR count). The van der Waals surface area contributed by atoms with Gasteiger partial charge in [0.05, 0.1) is 10.6 Å². The van der Waals surface area contributed by atoms with Crippen LogP contribution in [-0.2, 0) is 15.4 Å². The Bertz CT molecular complexity index is 1120. The minimum atomic E-state index is -3.71. The molecule has 0 saturated heterocycles. The van der Waals surface area contributed by atoms with E-state index in [4.69, 9.17) is 0 Å². The molecular formula is C24H26N2O3S. The molecule has 30 heavy (non-hydrogen) atoms. The van der Waals surface area contributed by atoms with Crippen molar-refractivity contribution in [2.24, 2.45) is 0 Å². The number of hydrogen-bond acceptors (Lipinski definition) is 3. The smallest absolute Gasteiger partial charge is 0.264 e. The van der Waals surface area contributed by atoms with Crippen molar-refractivity contribution < 1.29 is 13.2 Å². The lowest BCUT2D eigenvalue weighted by molar-refractivity contribution is 0.102. The molecule has 0 aliphatic carbocycles. The summed E-state index contributed by atoms with van der Waals surface area (Å²) >= 11 is 0. The number of nitrogens with zero attached hydrogens (tertiary/aromatic N) is 1. The first kappa shape index (κ1) is 21.6. The number of hydrogen-bond donors (Lipinski definition) is 1. The second-order valence-corrected chi connectivity index (χ2v) is 10.1. The molecule has 0 radical (unpaired) electrons. The van der Waals surface area contributed by atoms with Crippen molar-refractivity contribution in [3.63, 3.8) is 0 Å². The molecule has 0 aliphatic rings. The third-order valence-corrected chi connectivity index (χ3v) is 6.70. The first-order valence-corrected chi connectivity index (χ1v) is 11.1. The first-order chi connectivity index (χ1) is 14.1. The number of carbonyl (C=O) groups excluding carboxylic acids is 1. The number of benzene rings is 3. The predicted octanol–water partition coefficient (Wildman–Crippen LogP) is 5.06. The quantitative estimate of drug-likeness (QED) is 0.625. The van der Waals surface area contributed by atoms with Crippen molar-refractivity contribution in [3.8, 4) is 0 Å². The van der Waals surface area contributed by atoms with Crippen molar-refractivity contribution in [2.75, 3.05) is 16.7 Å². The van der Waals surface area contributed by atoms with Gasteiger partial charge >= 0.3 is 0 Å². The minimum absolute atomic E-state index is 0.0385. The molecule has 6 heteroatoms. The minimum Gasteiger partial charge on any atom is -0.322 e. The second kappa shape index (κ2) is 8.32. The van der Waals surface area contributed by atoms with Gasteiger partial charge in [0.1, 0.15) is 0 Å². The van der Waals surface area contributed by atoms with E-state index < -0.39 is 10.0 Å². The summed E-state index contributed by atoms with van der Waals surface area (Å²) < 4.78 is 26.9. The lowest BCUT2D eigenvalue weighted by atomic mass is 9.87. The average molecular weight is 423 g/mol. The van der Waals surface area contributed by atoms with Crippen LogP contribution < -0.4 is 9.62 Å². The summed E-state index contributed by atoms with van der Waals surface area (Å²) in [4.78, 5) is 12.7. The maximum atomic E-state index is 12.8. The molecule has 1 amide bonds. The van der Waals surface area contributed by atoms with Gasteiger partial charge in [0.25, 0.3) is 15.9 Å². The Balaban J connectivity index is 1.74. The van der Waals surface area contributed by atoms with Crippen LogP contribution in [0.25, 0.3) is 0 Å². The van der Waals surface area contributed by atoms with E-state index in [0.717, 1.165) is 0 Å². The fraction of sp³-hybridized carbons (Fsp3) is 0.208. The Labute approximate surface area is 178 Å². The van der Waals surface area contributed by atoms with E-state index in [1.54, 1.807) is 24.3 Å². The topological polar surface area (TPSA) is 66.5 Å². The van der Waals surface area contributed by atoms with Crippen LogP contribution >= 0.6 is 0 Å². The molecular weight excluding hydrogens is 396 g/mol. The van der Waals surface area contributed by atoms with E-state index in [0.29, 0.717) is 16.9 Å². The molecule has 0 aliphatic heterocycles. The van der Waals surface area contributed by atoms with E-state index in [1.165, 1.54) is 41.2 Å². The Morgan fingerprint density at radius 2 is 1.40 bits per heavy atom. The van der Waals surface area contributed by atoms with Crippen molar-refractivity contribution in [3.05, 3.63) is 90.0 Å². The van der Waals surface area contributed by atoms with Crippen molar-refractivity contribution in [2.45, 2.75) is 31.1 Å². The zero-order valence-electron chi connectivity index (χ0n) is 17.6. The molecule has 0 aromatic heterocycles. The number of amides is 1. The van der Waals surface area contributed by atoms with E-state index >= 15 is 0 Å². The summed E-state index contributed by atoms with van der Waals surface area (Å²) in [5.74, 6) is -0.293. The molecule has 0 fully saturated rings. The molecule has 0 unspecified atom stereocenters. The highest BCUT2D eigenvalue weighted by Gasteiger charge is 2.21. The fourth-order valence-corrected chi connectivity index (χ4v) is 4.17. The molecule has 1 N–H and O–H groups in total. The van der Waals surface area contributed by atoms with Crippen LogP contribution in [0.5, 0.6) is 0 Å². The number of carbonyl (C=O) groups is 1. The zero-order valence-corrected chi connectivity index (χ0v) is 18.4. The Morgan fingerprint density at radius 1 is 0.833 bits per heavy atom. The molecule has 156 valence electrons. The molecule has 0 saturated carbocycles. The maximum Gasteiger partial charge on any atom is 0.264 e. The molecule has 3 aromatic rings. The van der Waals surface area contributed by atoms with Crippen LogP contribution in [0.3, 0.4) is 0 Å². The average Bonchev–Trinajstić information content (AvgIpc) is 2.73. The molecule has 0 atom stereocenters. The van der Waals surface area contributed by atoms with Crippen LogP contribution in [-0.4, -0.2) is 21.4 Å². The third kappa shape index (κ3) is 4.71. The summed E-state index contributed by atoms with van der Waals surface area (Å²) in [7, 11) is -2.20. The van der Waals surface area contributed by atoms with Gasteiger partial charge in [-0.2, -0.15) is 0 Å². The van der Waals surface area contributed by atoms with Gasteiger partial charge in [0.2, 0.25) is 0 Å². The Hall–Kier alpha value is -3.12. The summed E-state index contributed by atoms with van der Waals surface area (Å²) in [5, 5.41) is 2.84. The largest absolute Gasteiger partial charge is 0.322 e.